The average Bonchev–Trinajstić information content (AvgIpc) is 2.49. The van der Waals surface area contributed by atoms with E-state index in [0.717, 1.165) is 18.6 Å². The van der Waals surface area contributed by atoms with E-state index in [0.29, 0.717) is 6.04 Å². The minimum Gasteiger partial charge on any atom is -0.496 e. The number of aryl methyl sites for hydroxylation is 2. The summed E-state index contributed by atoms with van der Waals surface area (Å²) in [7, 11) is 3.77. The van der Waals surface area contributed by atoms with Gasteiger partial charge in [-0.05, 0) is 50.9 Å². The van der Waals surface area contributed by atoms with Crippen molar-refractivity contribution < 1.29 is 4.74 Å². The summed E-state index contributed by atoms with van der Waals surface area (Å²) >= 11 is 0. The van der Waals surface area contributed by atoms with E-state index in [-0.39, 0.29) is 0 Å². The highest BCUT2D eigenvalue weighted by Gasteiger charge is 2.12. The van der Waals surface area contributed by atoms with Crippen LogP contribution in [0.3, 0.4) is 0 Å². The molecular formula is C19H25NO. The fraction of sp³-hybridized carbons (Fsp3) is 0.368. The summed E-state index contributed by atoms with van der Waals surface area (Å²) in [6, 6.07) is 15.6. The van der Waals surface area contributed by atoms with Gasteiger partial charge in [0.2, 0.25) is 0 Å². The third-order valence-corrected chi connectivity index (χ3v) is 3.91. The van der Waals surface area contributed by atoms with Gasteiger partial charge in [-0.1, -0.05) is 47.5 Å². The van der Waals surface area contributed by atoms with Crippen molar-refractivity contribution >= 4 is 0 Å². The lowest BCUT2D eigenvalue weighted by atomic mass is 9.97. The Bertz CT molecular complexity index is 575. The molecule has 1 N–H and O–H groups in total. The molecule has 0 aliphatic rings. The molecule has 0 aromatic heterocycles. The maximum atomic E-state index is 5.48. The van der Waals surface area contributed by atoms with E-state index >= 15 is 0 Å². The van der Waals surface area contributed by atoms with Crippen LogP contribution >= 0.6 is 0 Å². The SMILES string of the molecule is CNC(Cc1ccc(C)cc1)Cc1cc(C)ccc1OC. The van der Waals surface area contributed by atoms with E-state index in [2.05, 4.69) is 61.6 Å². The molecule has 0 saturated heterocycles. The first-order chi connectivity index (χ1) is 10.1. The molecule has 0 amide bonds. The molecule has 0 aliphatic carbocycles. The lowest BCUT2D eigenvalue weighted by Gasteiger charge is -2.18. The second-order valence-corrected chi connectivity index (χ2v) is 5.69. The minimum absolute atomic E-state index is 0.406. The van der Waals surface area contributed by atoms with Crippen molar-refractivity contribution in [2.45, 2.75) is 32.7 Å². The first-order valence-electron chi connectivity index (χ1n) is 7.48. The van der Waals surface area contributed by atoms with Crippen molar-refractivity contribution in [1.82, 2.24) is 5.32 Å². The van der Waals surface area contributed by atoms with Crippen LogP contribution in [0, 0.1) is 13.8 Å². The normalized spacial score (nSPS) is 12.2. The molecule has 2 heteroatoms. The fourth-order valence-corrected chi connectivity index (χ4v) is 2.62. The zero-order chi connectivity index (χ0) is 15.2. The maximum absolute atomic E-state index is 5.48. The highest BCUT2D eigenvalue weighted by molar-refractivity contribution is 5.37. The van der Waals surface area contributed by atoms with E-state index in [1.54, 1.807) is 7.11 Å². The van der Waals surface area contributed by atoms with Gasteiger partial charge in [0.25, 0.3) is 0 Å². The summed E-state index contributed by atoms with van der Waals surface area (Å²) in [6.07, 6.45) is 1.99. The monoisotopic (exact) mass is 283 g/mol. The number of hydrogen-bond donors (Lipinski definition) is 1. The molecule has 1 unspecified atom stereocenters. The van der Waals surface area contributed by atoms with Gasteiger partial charge in [0, 0.05) is 6.04 Å². The van der Waals surface area contributed by atoms with Gasteiger partial charge < -0.3 is 10.1 Å². The molecule has 0 fully saturated rings. The number of benzene rings is 2. The second-order valence-electron chi connectivity index (χ2n) is 5.69. The Morgan fingerprint density at radius 3 is 2.24 bits per heavy atom. The highest BCUT2D eigenvalue weighted by Crippen LogP contribution is 2.22. The van der Waals surface area contributed by atoms with E-state index < -0.39 is 0 Å². The van der Waals surface area contributed by atoms with Crippen molar-refractivity contribution in [1.29, 1.82) is 0 Å². The van der Waals surface area contributed by atoms with Gasteiger partial charge in [0.15, 0.2) is 0 Å². The van der Waals surface area contributed by atoms with Crippen LogP contribution in [0.2, 0.25) is 0 Å². The van der Waals surface area contributed by atoms with Crippen LogP contribution in [0.25, 0.3) is 0 Å². The molecule has 1 atom stereocenters. The zero-order valence-electron chi connectivity index (χ0n) is 13.4. The van der Waals surface area contributed by atoms with Gasteiger partial charge in [0.05, 0.1) is 7.11 Å². The predicted molar refractivity (Wildman–Crippen MR) is 89.2 cm³/mol. The van der Waals surface area contributed by atoms with Gasteiger partial charge in [-0.25, -0.2) is 0 Å². The van der Waals surface area contributed by atoms with Crippen molar-refractivity contribution in [2.75, 3.05) is 14.2 Å². The van der Waals surface area contributed by atoms with Gasteiger partial charge in [-0.15, -0.1) is 0 Å². The average molecular weight is 283 g/mol. The van der Waals surface area contributed by atoms with Crippen LogP contribution in [0.5, 0.6) is 5.75 Å². The van der Waals surface area contributed by atoms with Crippen LogP contribution in [0.4, 0.5) is 0 Å². The van der Waals surface area contributed by atoms with E-state index in [4.69, 9.17) is 4.74 Å². The Balaban J connectivity index is 2.11. The van der Waals surface area contributed by atoms with Crippen LogP contribution in [0.1, 0.15) is 22.3 Å². The molecular weight excluding hydrogens is 258 g/mol. The topological polar surface area (TPSA) is 21.3 Å². The Morgan fingerprint density at radius 2 is 1.62 bits per heavy atom. The highest BCUT2D eigenvalue weighted by atomic mass is 16.5. The Labute approximate surface area is 128 Å². The van der Waals surface area contributed by atoms with Crippen LogP contribution in [-0.2, 0) is 12.8 Å². The number of nitrogens with one attached hydrogen (secondary N) is 1. The van der Waals surface area contributed by atoms with Gasteiger partial charge in [0.1, 0.15) is 5.75 Å². The summed E-state index contributed by atoms with van der Waals surface area (Å²) in [5.74, 6) is 0.977. The molecule has 2 nitrogen and oxygen atoms in total. The third-order valence-electron chi connectivity index (χ3n) is 3.91. The first-order valence-corrected chi connectivity index (χ1v) is 7.48. The van der Waals surface area contributed by atoms with Crippen molar-refractivity contribution in [3.8, 4) is 5.75 Å². The summed E-state index contributed by atoms with van der Waals surface area (Å²) in [5, 5.41) is 3.43. The number of methoxy groups -OCH3 is 1. The van der Waals surface area contributed by atoms with Crippen molar-refractivity contribution in [3.05, 3.63) is 64.7 Å². The number of ether oxygens (including phenoxy) is 1. The molecule has 21 heavy (non-hydrogen) atoms. The first kappa shape index (κ1) is 15.6. The number of rotatable bonds is 6. The number of hydrogen-bond acceptors (Lipinski definition) is 2. The predicted octanol–water partition coefficient (Wildman–Crippen LogP) is 3.69. The molecule has 0 radical (unpaired) electrons. The lowest BCUT2D eigenvalue weighted by Crippen LogP contribution is -2.30. The summed E-state index contributed by atoms with van der Waals surface area (Å²) in [5.41, 5.74) is 5.21. The molecule has 2 rings (SSSR count). The second kappa shape index (κ2) is 7.28. The summed E-state index contributed by atoms with van der Waals surface area (Å²) in [4.78, 5) is 0. The van der Waals surface area contributed by atoms with Gasteiger partial charge in [-0.2, -0.15) is 0 Å². The van der Waals surface area contributed by atoms with Crippen LogP contribution in [0.15, 0.2) is 42.5 Å². The van der Waals surface area contributed by atoms with E-state index in [9.17, 15) is 0 Å². The van der Waals surface area contributed by atoms with Gasteiger partial charge >= 0.3 is 0 Å². The molecule has 112 valence electrons. The maximum Gasteiger partial charge on any atom is 0.122 e. The van der Waals surface area contributed by atoms with E-state index in [1.807, 2.05) is 7.05 Å². The van der Waals surface area contributed by atoms with E-state index in [1.165, 1.54) is 22.3 Å². The summed E-state index contributed by atoms with van der Waals surface area (Å²) < 4.78 is 5.48. The summed E-state index contributed by atoms with van der Waals surface area (Å²) in [6.45, 7) is 4.24. The third kappa shape index (κ3) is 4.33. The van der Waals surface area contributed by atoms with Crippen LogP contribution in [-0.4, -0.2) is 20.2 Å². The quantitative estimate of drug-likeness (QED) is 0.873. The van der Waals surface area contributed by atoms with Gasteiger partial charge in [-0.3, -0.25) is 0 Å². The molecule has 2 aromatic rings. The smallest absolute Gasteiger partial charge is 0.122 e. The molecule has 0 heterocycles. The molecule has 0 aliphatic heterocycles. The Kier molecular flexibility index (Phi) is 5.40. The van der Waals surface area contributed by atoms with Crippen LogP contribution < -0.4 is 10.1 Å². The van der Waals surface area contributed by atoms with Crippen molar-refractivity contribution in [2.24, 2.45) is 0 Å². The minimum atomic E-state index is 0.406. The standard InChI is InChI=1S/C19H25NO/c1-14-5-8-16(9-6-14)12-18(20-3)13-17-11-15(2)7-10-19(17)21-4/h5-11,18,20H,12-13H2,1-4H3. The Morgan fingerprint density at radius 1 is 0.952 bits per heavy atom. The Hall–Kier alpha value is -1.80. The lowest BCUT2D eigenvalue weighted by molar-refractivity contribution is 0.405. The molecule has 0 saturated carbocycles. The molecule has 2 aromatic carbocycles. The molecule has 0 bridgehead atoms. The molecule has 0 spiro atoms. The number of likely N-dealkylation sites (N-methyl/N-ethyl adjacent to an activating group) is 1. The van der Waals surface area contributed by atoms with Crippen molar-refractivity contribution in [3.63, 3.8) is 0 Å². The zero-order valence-corrected chi connectivity index (χ0v) is 13.4. The largest absolute Gasteiger partial charge is 0.496 e. The fourth-order valence-electron chi connectivity index (χ4n) is 2.62.